The molecule has 8 heteroatoms. The van der Waals surface area contributed by atoms with Crippen molar-refractivity contribution < 1.29 is 17.9 Å². The van der Waals surface area contributed by atoms with Gasteiger partial charge in [0.15, 0.2) is 0 Å². The lowest BCUT2D eigenvalue weighted by molar-refractivity contribution is -0.114. The molecule has 0 aromatic heterocycles. The van der Waals surface area contributed by atoms with Crippen molar-refractivity contribution in [3.8, 4) is 11.8 Å². The minimum absolute atomic E-state index is 0.0470. The highest BCUT2D eigenvalue weighted by atomic mass is 32.2. The average molecular weight is 436 g/mol. The van der Waals surface area contributed by atoms with Crippen molar-refractivity contribution in [3.05, 3.63) is 84.4 Å². The van der Waals surface area contributed by atoms with Crippen LogP contribution >= 0.6 is 0 Å². The minimum Gasteiger partial charge on any atom is -0.497 e. The summed E-state index contributed by atoms with van der Waals surface area (Å²) in [5.41, 5.74) is 1.72. The van der Waals surface area contributed by atoms with Crippen molar-refractivity contribution in [2.45, 2.75) is 11.3 Å². The molecule has 3 rings (SSSR count). The standard InChI is InChI=1S/C23H21N3O4S/c1-30-21-11-13-22(14-12-21)31(28,29)26(20-5-3-2-4-6-20)17-23(27)25-19-9-7-18(8-10-19)15-16-24/h2-14H,15,17H2,1H3,(H,25,27). The number of rotatable bonds is 8. The topological polar surface area (TPSA) is 99.5 Å². The number of nitrogens with one attached hydrogen (secondary N) is 1. The van der Waals surface area contributed by atoms with Crippen LogP contribution in [0.1, 0.15) is 5.56 Å². The van der Waals surface area contributed by atoms with Gasteiger partial charge in [-0.15, -0.1) is 0 Å². The third kappa shape index (κ3) is 5.41. The fraction of sp³-hybridized carbons (Fsp3) is 0.130. The van der Waals surface area contributed by atoms with Crippen molar-refractivity contribution in [1.29, 1.82) is 5.26 Å². The molecule has 0 heterocycles. The Kier molecular flexibility index (Phi) is 6.90. The predicted octanol–water partition coefficient (Wildman–Crippen LogP) is 3.60. The molecular weight excluding hydrogens is 414 g/mol. The van der Waals surface area contributed by atoms with E-state index < -0.39 is 22.5 Å². The molecule has 3 aromatic carbocycles. The molecule has 31 heavy (non-hydrogen) atoms. The molecule has 0 fully saturated rings. The van der Waals surface area contributed by atoms with Crippen molar-refractivity contribution in [2.75, 3.05) is 23.3 Å². The number of methoxy groups -OCH3 is 1. The molecular formula is C23H21N3O4S. The van der Waals surface area contributed by atoms with E-state index in [0.29, 0.717) is 17.1 Å². The average Bonchev–Trinajstić information content (AvgIpc) is 2.79. The Labute approximate surface area is 181 Å². The first kappa shape index (κ1) is 21.9. The molecule has 3 aromatic rings. The van der Waals surface area contributed by atoms with Gasteiger partial charge in [-0.25, -0.2) is 8.42 Å². The van der Waals surface area contributed by atoms with Crippen molar-refractivity contribution in [2.24, 2.45) is 0 Å². The van der Waals surface area contributed by atoms with Gasteiger partial charge in [-0.2, -0.15) is 5.26 Å². The van der Waals surface area contributed by atoms with E-state index in [9.17, 15) is 13.2 Å². The molecule has 0 aliphatic heterocycles. The second-order valence-corrected chi connectivity index (χ2v) is 8.47. The van der Waals surface area contributed by atoms with E-state index >= 15 is 0 Å². The Balaban J connectivity index is 1.85. The molecule has 158 valence electrons. The number of amides is 1. The van der Waals surface area contributed by atoms with Crippen LogP contribution in [0.15, 0.2) is 83.8 Å². The van der Waals surface area contributed by atoms with Gasteiger partial charge in [0.05, 0.1) is 30.2 Å². The van der Waals surface area contributed by atoms with Crippen LogP contribution in [0.3, 0.4) is 0 Å². The summed E-state index contributed by atoms with van der Waals surface area (Å²) in [6, 6.07) is 23.3. The normalized spacial score (nSPS) is 10.7. The summed E-state index contributed by atoms with van der Waals surface area (Å²) < 4.78 is 32.8. The van der Waals surface area contributed by atoms with Gasteiger partial charge in [0.1, 0.15) is 12.3 Å². The fourth-order valence-corrected chi connectivity index (χ4v) is 4.33. The lowest BCUT2D eigenvalue weighted by Crippen LogP contribution is -2.38. The number of benzene rings is 3. The maximum Gasteiger partial charge on any atom is 0.264 e. The first-order chi connectivity index (χ1) is 14.9. The molecule has 0 aliphatic rings. The highest BCUT2D eigenvalue weighted by molar-refractivity contribution is 7.92. The number of carbonyl (C=O) groups is 1. The van der Waals surface area contributed by atoms with E-state index in [1.165, 1.54) is 19.2 Å². The van der Waals surface area contributed by atoms with Crippen LogP contribution in [0.25, 0.3) is 0 Å². The van der Waals surface area contributed by atoms with Gasteiger partial charge in [0.25, 0.3) is 10.0 Å². The summed E-state index contributed by atoms with van der Waals surface area (Å²) in [6.07, 6.45) is 0.274. The molecule has 7 nitrogen and oxygen atoms in total. The Morgan fingerprint density at radius 1 is 1.00 bits per heavy atom. The predicted molar refractivity (Wildman–Crippen MR) is 118 cm³/mol. The van der Waals surface area contributed by atoms with Gasteiger partial charge in [0.2, 0.25) is 5.91 Å². The number of nitrogens with zero attached hydrogens (tertiary/aromatic N) is 2. The highest BCUT2D eigenvalue weighted by Crippen LogP contribution is 2.25. The van der Waals surface area contributed by atoms with Gasteiger partial charge >= 0.3 is 0 Å². The number of para-hydroxylation sites is 1. The molecule has 0 saturated heterocycles. The minimum atomic E-state index is -4.00. The summed E-state index contributed by atoms with van der Waals surface area (Å²) in [5.74, 6) is 0.0387. The van der Waals surface area contributed by atoms with Crippen molar-refractivity contribution in [1.82, 2.24) is 0 Å². The lowest BCUT2D eigenvalue weighted by atomic mass is 10.1. The van der Waals surface area contributed by atoms with Crippen LogP contribution in [-0.4, -0.2) is 28.0 Å². The summed E-state index contributed by atoms with van der Waals surface area (Å²) >= 11 is 0. The van der Waals surface area contributed by atoms with Gasteiger partial charge in [-0.05, 0) is 54.1 Å². The van der Waals surface area contributed by atoms with E-state index in [-0.39, 0.29) is 11.3 Å². The first-order valence-corrected chi connectivity index (χ1v) is 10.9. The monoisotopic (exact) mass is 435 g/mol. The summed E-state index contributed by atoms with van der Waals surface area (Å²) in [6.45, 7) is -0.404. The molecule has 1 N–H and O–H groups in total. The molecule has 0 aliphatic carbocycles. The van der Waals surface area contributed by atoms with Crippen LogP contribution in [0.4, 0.5) is 11.4 Å². The lowest BCUT2D eigenvalue weighted by Gasteiger charge is -2.24. The second-order valence-electron chi connectivity index (χ2n) is 6.60. The third-order valence-corrected chi connectivity index (χ3v) is 6.29. The maximum atomic E-state index is 13.3. The van der Waals surface area contributed by atoms with Crippen LogP contribution < -0.4 is 14.4 Å². The zero-order valence-corrected chi connectivity index (χ0v) is 17.7. The van der Waals surface area contributed by atoms with Gasteiger partial charge in [-0.1, -0.05) is 30.3 Å². The molecule has 1 amide bonds. The van der Waals surface area contributed by atoms with Crippen molar-refractivity contribution in [3.63, 3.8) is 0 Å². The molecule has 0 bridgehead atoms. The van der Waals surface area contributed by atoms with Crippen molar-refractivity contribution >= 4 is 27.3 Å². The summed E-state index contributed by atoms with van der Waals surface area (Å²) in [7, 11) is -2.50. The Morgan fingerprint density at radius 2 is 1.65 bits per heavy atom. The molecule has 0 atom stereocenters. The number of hydrogen-bond acceptors (Lipinski definition) is 5. The third-order valence-electron chi connectivity index (χ3n) is 4.50. The van der Waals surface area contributed by atoms with Crippen LogP contribution in [-0.2, 0) is 21.2 Å². The largest absolute Gasteiger partial charge is 0.497 e. The van der Waals surface area contributed by atoms with Gasteiger partial charge in [0, 0.05) is 5.69 Å². The molecule has 0 radical (unpaired) electrons. The number of sulfonamides is 1. The summed E-state index contributed by atoms with van der Waals surface area (Å²) in [5, 5.41) is 11.5. The highest BCUT2D eigenvalue weighted by Gasteiger charge is 2.27. The molecule has 0 saturated carbocycles. The smallest absolute Gasteiger partial charge is 0.264 e. The first-order valence-electron chi connectivity index (χ1n) is 9.41. The maximum absolute atomic E-state index is 13.3. The fourth-order valence-electron chi connectivity index (χ4n) is 2.91. The molecule has 0 spiro atoms. The molecule has 0 unspecified atom stereocenters. The number of hydrogen-bond donors (Lipinski definition) is 1. The number of carbonyl (C=O) groups excluding carboxylic acids is 1. The zero-order valence-electron chi connectivity index (χ0n) is 16.9. The van der Waals surface area contributed by atoms with Gasteiger partial charge in [-0.3, -0.25) is 9.10 Å². The Bertz CT molecular complexity index is 1170. The van der Waals surface area contributed by atoms with E-state index in [4.69, 9.17) is 10.00 Å². The Hall–Kier alpha value is -3.83. The Morgan fingerprint density at radius 3 is 2.23 bits per heavy atom. The van der Waals surface area contributed by atoms with Gasteiger partial charge < -0.3 is 10.1 Å². The van der Waals surface area contributed by atoms with E-state index in [1.807, 2.05) is 0 Å². The number of anilines is 2. The quantitative estimate of drug-likeness (QED) is 0.583. The second kappa shape index (κ2) is 9.78. The number of nitriles is 1. The van der Waals surface area contributed by atoms with E-state index in [0.717, 1.165) is 9.87 Å². The summed E-state index contributed by atoms with van der Waals surface area (Å²) in [4.78, 5) is 12.7. The SMILES string of the molecule is COc1ccc(S(=O)(=O)N(CC(=O)Nc2ccc(CC#N)cc2)c2ccccc2)cc1. The van der Waals surface area contributed by atoms with E-state index in [2.05, 4.69) is 11.4 Å². The zero-order chi connectivity index (χ0) is 22.3. The van der Waals surface area contributed by atoms with Crippen LogP contribution in [0.5, 0.6) is 5.75 Å². The van der Waals surface area contributed by atoms with E-state index in [1.54, 1.807) is 66.7 Å². The van der Waals surface area contributed by atoms with Crippen LogP contribution in [0, 0.1) is 11.3 Å². The number of ether oxygens (including phenoxy) is 1. The van der Waals surface area contributed by atoms with Crippen LogP contribution in [0.2, 0.25) is 0 Å².